The van der Waals surface area contributed by atoms with Gasteiger partial charge in [0.2, 0.25) is 11.8 Å². The Bertz CT molecular complexity index is 875. The minimum Gasteiger partial charge on any atom is -0.351 e. The third-order valence-electron chi connectivity index (χ3n) is 6.39. The number of nitrogens with zero attached hydrogens (tertiary/aromatic N) is 2. The summed E-state index contributed by atoms with van der Waals surface area (Å²) < 4.78 is 0. The van der Waals surface area contributed by atoms with Crippen molar-refractivity contribution in [2.24, 2.45) is 5.92 Å². The second kappa shape index (κ2) is 9.43. The molecule has 1 saturated heterocycles. The Balaban J connectivity index is 1.48. The zero-order chi connectivity index (χ0) is 20.9. The van der Waals surface area contributed by atoms with E-state index in [0.717, 1.165) is 50.0 Å². The summed E-state index contributed by atoms with van der Waals surface area (Å²) >= 11 is 0. The third kappa shape index (κ3) is 4.73. The maximum absolute atomic E-state index is 13.5. The molecule has 0 unspecified atom stereocenters. The van der Waals surface area contributed by atoms with Crippen LogP contribution in [-0.4, -0.2) is 47.8 Å². The molecule has 2 amide bonds. The van der Waals surface area contributed by atoms with E-state index in [1.807, 2.05) is 47.4 Å². The highest BCUT2D eigenvalue weighted by molar-refractivity contribution is 5.85. The number of carbonyl (C=O) groups is 2. The number of likely N-dealkylation sites (tertiary alicyclic amines) is 1. The van der Waals surface area contributed by atoms with Crippen molar-refractivity contribution in [2.75, 3.05) is 26.2 Å². The minimum absolute atomic E-state index is 0.0386. The molecule has 2 aliphatic rings. The van der Waals surface area contributed by atoms with Gasteiger partial charge in [0.1, 0.15) is 6.04 Å². The molecule has 2 aromatic carbocycles. The van der Waals surface area contributed by atoms with Crippen molar-refractivity contribution in [2.45, 2.75) is 38.8 Å². The molecule has 2 aromatic rings. The SMILES string of the molecule is CC1CCN(C(=O)[C@H]2c3ccccc3CCN2CC(=O)NCc2ccccc2)CC1. The molecule has 1 atom stereocenters. The van der Waals surface area contributed by atoms with Crippen LogP contribution in [0.25, 0.3) is 0 Å². The summed E-state index contributed by atoms with van der Waals surface area (Å²) in [6, 6.07) is 17.7. The van der Waals surface area contributed by atoms with Crippen LogP contribution in [0.1, 0.15) is 42.5 Å². The van der Waals surface area contributed by atoms with Crippen molar-refractivity contribution in [3.63, 3.8) is 0 Å². The Kier molecular flexibility index (Phi) is 6.48. The largest absolute Gasteiger partial charge is 0.351 e. The zero-order valence-electron chi connectivity index (χ0n) is 17.7. The van der Waals surface area contributed by atoms with Gasteiger partial charge in [0, 0.05) is 26.2 Å². The lowest BCUT2D eigenvalue weighted by atomic mass is 9.90. The van der Waals surface area contributed by atoms with Crippen LogP contribution in [0.2, 0.25) is 0 Å². The topological polar surface area (TPSA) is 52.7 Å². The van der Waals surface area contributed by atoms with Crippen molar-refractivity contribution in [3.8, 4) is 0 Å². The van der Waals surface area contributed by atoms with E-state index in [4.69, 9.17) is 0 Å². The first-order valence-corrected chi connectivity index (χ1v) is 11.0. The van der Waals surface area contributed by atoms with Gasteiger partial charge in [0.05, 0.1) is 6.54 Å². The van der Waals surface area contributed by atoms with Gasteiger partial charge in [-0.25, -0.2) is 0 Å². The quantitative estimate of drug-likeness (QED) is 0.831. The second-order valence-electron chi connectivity index (χ2n) is 8.59. The maximum atomic E-state index is 13.5. The van der Waals surface area contributed by atoms with Crippen molar-refractivity contribution >= 4 is 11.8 Å². The molecule has 5 heteroatoms. The van der Waals surface area contributed by atoms with E-state index in [2.05, 4.69) is 29.3 Å². The first-order valence-electron chi connectivity index (χ1n) is 11.0. The summed E-state index contributed by atoms with van der Waals surface area (Å²) in [4.78, 5) is 30.3. The van der Waals surface area contributed by atoms with Crippen LogP contribution in [0.4, 0.5) is 0 Å². The highest BCUT2D eigenvalue weighted by Crippen LogP contribution is 2.32. The predicted molar refractivity (Wildman–Crippen MR) is 118 cm³/mol. The van der Waals surface area contributed by atoms with Crippen molar-refractivity contribution < 1.29 is 9.59 Å². The van der Waals surface area contributed by atoms with Crippen LogP contribution >= 0.6 is 0 Å². The lowest BCUT2D eigenvalue weighted by molar-refractivity contribution is -0.140. The van der Waals surface area contributed by atoms with Crippen molar-refractivity contribution in [1.29, 1.82) is 0 Å². The number of hydrogen-bond acceptors (Lipinski definition) is 3. The maximum Gasteiger partial charge on any atom is 0.244 e. The molecule has 4 rings (SSSR count). The number of benzene rings is 2. The van der Waals surface area contributed by atoms with E-state index in [9.17, 15) is 9.59 Å². The van der Waals surface area contributed by atoms with E-state index in [1.54, 1.807) is 0 Å². The highest BCUT2D eigenvalue weighted by atomic mass is 16.2. The number of fused-ring (bicyclic) bond motifs is 1. The highest BCUT2D eigenvalue weighted by Gasteiger charge is 2.37. The fraction of sp³-hybridized carbons (Fsp3) is 0.440. The lowest BCUT2D eigenvalue weighted by Gasteiger charge is -2.40. The van der Waals surface area contributed by atoms with Crippen molar-refractivity contribution in [1.82, 2.24) is 15.1 Å². The van der Waals surface area contributed by atoms with Gasteiger partial charge in [-0.2, -0.15) is 0 Å². The minimum atomic E-state index is -0.370. The van der Waals surface area contributed by atoms with Crippen molar-refractivity contribution in [3.05, 3.63) is 71.3 Å². The Morgan fingerprint density at radius 3 is 2.43 bits per heavy atom. The first-order chi connectivity index (χ1) is 14.6. The van der Waals surface area contributed by atoms with E-state index < -0.39 is 0 Å². The Hall–Kier alpha value is -2.66. The monoisotopic (exact) mass is 405 g/mol. The number of rotatable bonds is 5. The van der Waals surface area contributed by atoms with Crippen LogP contribution in [0, 0.1) is 5.92 Å². The molecule has 5 nitrogen and oxygen atoms in total. The lowest BCUT2D eigenvalue weighted by Crippen LogP contribution is -2.50. The molecule has 0 bridgehead atoms. The van der Waals surface area contributed by atoms with Crippen LogP contribution < -0.4 is 5.32 Å². The zero-order valence-corrected chi connectivity index (χ0v) is 17.7. The van der Waals surface area contributed by atoms with Gasteiger partial charge in [0.15, 0.2) is 0 Å². The van der Waals surface area contributed by atoms with Gasteiger partial charge in [-0.3, -0.25) is 14.5 Å². The summed E-state index contributed by atoms with van der Waals surface area (Å²) in [6.45, 7) is 5.34. The molecule has 0 radical (unpaired) electrons. The molecule has 158 valence electrons. The molecular formula is C25H31N3O2. The van der Waals surface area contributed by atoms with Crippen LogP contribution in [0.3, 0.4) is 0 Å². The van der Waals surface area contributed by atoms with Crippen LogP contribution in [0.15, 0.2) is 54.6 Å². The summed E-state index contributed by atoms with van der Waals surface area (Å²) in [7, 11) is 0. The predicted octanol–water partition coefficient (Wildman–Crippen LogP) is 3.16. The number of amides is 2. The van der Waals surface area contributed by atoms with Crippen LogP contribution in [-0.2, 0) is 22.6 Å². The number of piperidine rings is 1. The second-order valence-corrected chi connectivity index (χ2v) is 8.59. The smallest absolute Gasteiger partial charge is 0.244 e. The fourth-order valence-corrected chi connectivity index (χ4v) is 4.52. The summed E-state index contributed by atoms with van der Waals surface area (Å²) in [5.74, 6) is 0.778. The fourth-order valence-electron chi connectivity index (χ4n) is 4.52. The van der Waals surface area contributed by atoms with Gasteiger partial charge in [-0.1, -0.05) is 61.5 Å². The standard InChI is InChI=1S/C25H31N3O2/c1-19-11-14-27(15-12-19)25(30)24-22-10-6-5-9-21(22)13-16-28(24)18-23(29)26-17-20-7-3-2-4-8-20/h2-10,19,24H,11-18H2,1H3,(H,26,29)/t24-/m1/s1. The third-order valence-corrected chi connectivity index (χ3v) is 6.39. The van der Waals surface area contributed by atoms with Crippen LogP contribution in [0.5, 0.6) is 0 Å². The average Bonchev–Trinajstić information content (AvgIpc) is 2.78. The normalized spacial score (nSPS) is 19.9. The molecule has 0 spiro atoms. The molecule has 2 aliphatic heterocycles. The summed E-state index contributed by atoms with van der Waals surface area (Å²) in [5.41, 5.74) is 3.36. The first kappa shape index (κ1) is 20.6. The van der Waals surface area contributed by atoms with Gasteiger partial charge >= 0.3 is 0 Å². The van der Waals surface area contributed by atoms with E-state index in [0.29, 0.717) is 12.5 Å². The van der Waals surface area contributed by atoms with E-state index in [-0.39, 0.29) is 24.4 Å². The van der Waals surface area contributed by atoms with Gasteiger partial charge in [-0.15, -0.1) is 0 Å². The van der Waals surface area contributed by atoms with Gasteiger partial charge < -0.3 is 10.2 Å². The molecule has 30 heavy (non-hydrogen) atoms. The average molecular weight is 406 g/mol. The Labute approximate surface area is 179 Å². The molecule has 1 N–H and O–H groups in total. The molecule has 0 aliphatic carbocycles. The van der Waals surface area contributed by atoms with Gasteiger partial charge in [-0.05, 0) is 41.9 Å². The molecule has 1 fully saturated rings. The molecular weight excluding hydrogens is 374 g/mol. The summed E-state index contributed by atoms with van der Waals surface area (Å²) in [5, 5.41) is 3.01. The molecule has 0 aromatic heterocycles. The summed E-state index contributed by atoms with van der Waals surface area (Å²) in [6.07, 6.45) is 2.97. The number of carbonyl (C=O) groups excluding carboxylic acids is 2. The van der Waals surface area contributed by atoms with E-state index in [1.165, 1.54) is 5.56 Å². The van der Waals surface area contributed by atoms with E-state index >= 15 is 0 Å². The molecule has 0 saturated carbocycles. The Morgan fingerprint density at radius 2 is 1.67 bits per heavy atom. The Morgan fingerprint density at radius 1 is 0.967 bits per heavy atom. The number of hydrogen-bond donors (Lipinski definition) is 1. The molecule has 2 heterocycles. The number of nitrogens with one attached hydrogen (secondary N) is 1. The van der Waals surface area contributed by atoms with Gasteiger partial charge in [0.25, 0.3) is 0 Å².